The van der Waals surface area contributed by atoms with E-state index in [1.165, 1.54) is 28.8 Å². The first-order chi connectivity index (χ1) is 9.82. The number of sulfonamides is 1. The predicted octanol–water partition coefficient (Wildman–Crippen LogP) is 1.99. The van der Waals surface area contributed by atoms with Crippen LogP contribution in [0.15, 0.2) is 29.4 Å². The standard InChI is InChI=1S/C14H20N2O4S/c1-4-11(3)16(5-2)21(19,20)13-8-12(9-15-10-13)6-7-14(17)18/h6-11H,4-5H2,1-3H3,(H,17,18). The molecule has 0 aromatic carbocycles. The molecule has 1 unspecified atom stereocenters. The summed E-state index contributed by atoms with van der Waals surface area (Å²) in [6.45, 7) is 5.92. The highest BCUT2D eigenvalue weighted by Crippen LogP contribution is 2.20. The number of carbonyl (C=O) groups is 1. The second-order valence-electron chi connectivity index (χ2n) is 4.59. The summed E-state index contributed by atoms with van der Waals surface area (Å²) in [5.41, 5.74) is 0.429. The molecule has 1 atom stereocenters. The number of hydrogen-bond acceptors (Lipinski definition) is 4. The van der Waals surface area contributed by atoms with Crippen LogP contribution in [0.25, 0.3) is 6.08 Å². The Hall–Kier alpha value is -1.73. The summed E-state index contributed by atoms with van der Waals surface area (Å²) in [5.74, 6) is -1.10. The molecule has 7 heteroatoms. The molecule has 0 bridgehead atoms. The summed E-state index contributed by atoms with van der Waals surface area (Å²) in [6, 6.07) is 1.31. The van der Waals surface area contributed by atoms with Crippen LogP contribution in [0.2, 0.25) is 0 Å². The van der Waals surface area contributed by atoms with Crippen LogP contribution in [0.1, 0.15) is 32.8 Å². The summed E-state index contributed by atoms with van der Waals surface area (Å²) in [5, 5.41) is 8.60. The lowest BCUT2D eigenvalue weighted by Gasteiger charge is -2.26. The molecule has 116 valence electrons. The van der Waals surface area contributed by atoms with Gasteiger partial charge in [0.05, 0.1) is 0 Å². The number of pyridine rings is 1. The van der Waals surface area contributed by atoms with Gasteiger partial charge in [0.25, 0.3) is 0 Å². The fraction of sp³-hybridized carbons (Fsp3) is 0.429. The van der Waals surface area contributed by atoms with Crippen LogP contribution in [-0.2, 0) is 14.8 Å². The highest BCUT2D eigenvalue weighted by atomic mass is 32.2. The van der Waals surface area contributed by atoms with Gasteiger partial charge in [-0.25, -0.2) is 13.2 Å². The van der Waals surface area contributed by atoms with Crippen LogP contribution in [-0.4, -0.2) is 41.4 Å². The number of nitrogens with zero attached hydrogens (tertiary/aromatic N) is 2. The first-order valence-electron chi connectivity index (χ1n) is 6.70. The molecule has 6 nitrogen and oxygen atoms in total. The average Bonchev–Trinajstić information content (AvgIpc) is 2.45. The first kappa shape index (κ1) is 17.3. The zero-order valence-electron chi connectivity index (χ0n) is 12.4. The molecule has 0 spiro atoms. The van der Waals surface area contributed by atoms with E-state index < -0.39 is 16.0 Å². The third-order valence-corrected chi connectivity index (χ3v) is 5.21. The number of aliphatic carboxylic acids is 1. The Balaban J connectivity index is 3.19. The van der Waals surface area contributed by atoms with E-state index in [1.807, 2.05) is 13.8 Å². The van der Waals surface area contributed by atoms with Crippen molar-refractivity contribution in [3.05, 3.63) is 30.1 Å². The molecule has 0 aliphatic rings. The van der Waals surface area contributed by atoms with E-state index in [9.17, 15) is 13.2 Å². The van der Waals surface area contributed by atoms with Gasteiger partial charge in [-0.3, -0.25) is 4.98 Å². The fourth-order valence-electron chi connectivity index (χ4n) is 1.89. The second kappa shape index (κ2) is 7.33. The van der Waals surface area contributed by atoms with Crippen molar-refractivity contribution in [1.29, 1.82) is 0 Å². The molecule has 1 aromatic heterocycles. The van der Waals surface area contributed by atoms with Crippen LogP contribution in [0.5, 0.6) is 0 Å². The largest absolute Gasteiger partial charge is 0.478 e. The maximum absolute atomic E-state index is 12.6. The molecule has 0 aliphatic heterocycles. The van der Waals surface area contributed by atoms with Crippen LogP contribution in [0, 0.1) is 0 Å². The van der Waals surface area contributed by atoms with E-state index in [2.05, 4.69) is 4.98 Å². The van der Waals surface area contributed by atoms with Gasteiger partial charge in [-0.2, -0.15) is 4.31 Å². The number of hydrogen-bond donors (Lipinski definition) is 1. The Morgan fingerprint density at radius 1 is 1.43 bits per heavy atom. The van der Waals surface area contributed by atoms with Crippen LogP contribution in [0.3, 0.4) is 0 Å². The Labute approximate surface area is 125 Å². The van der Waals surface area contributed by atoms with E-state index in [0.29, 0.717) is 18.5 Å². The van der Waals surface area contributed by atoms with Gasteiger partial charge in [0, 0.05) is 31.1 Å². The molecule has 0 fully saturated rings. The van der Waals surface area contributed by atoms with Crippen molar-refractivity contribution in [2.75, 3.05) is 6.54 Å². The number of aromatic nitrogens is 1. The Morgan fingerprint density at radius 2 is 2.10 bits per heavy atom. The summed E-state index contributed by atoms with van der Waals surface area (Å²) in [4.78, 5) is 14.5. The van der Waals surface area contributed by atoms with Crippen molar-refractivity contribution in [1.82, 2.24) is 9.29 Å². The van der Waals surface area contributed by atoms with Gasteiger partial charge in [-0.15, -0.1) is 0 Å². The molecule has 0 amide bonds. The lowest BCUT2D eigenvalue weighted by atomic mass is 10.2. The van der Waals surface area contributed by atoms with Gasteiger partial charge in [-0.1, -0.05) is 13.8 Å². The van der Waals surface area contributed by atoms with Gasteiger partial charge in [-0.05, 0) is 31.1 Å². The molecule has 0 aliphatic carbocycles. The average molecular weight is 312 g/mol. The Morgan fingerprint density at radius 3 is 2.62 bits per heavy atom. The third kappa shape index (κ3) is 4.37. The van der Waals surface area contributed by atoms with Crippen molar-refractivity contribution < 1.29 is 18.3 Å². The predicted molar refractivity (Wildman–Crippen MR) is 80.2 cm³/mol. The summed E-state index contributed by atoms with van der Waals surface area (Å²) in [7, 11) is -3.63. The highest BCUT2D eigenvalue weighted by molar-refractivity contribution is 7.89. The first-order valence-corrected chi connectivity index (χ1v) is 8.14. The zero-order chi connectivity index (χ0) is 16.0. The van der Waals surface area contributed by atoms with Gasteiger partial charge in [0.1, 0.15) is 4.90 Å². The molecule has 1 N–H and O–H groups in total. The topological polar surface area (TPSA) is 87.6 Å². The smallest absolute Gasteiger partial charge is 0.328 e. The van der Waals surface area contributed by atoms with E-state index in [0.717, 1.165) is 6.08 Å². The lowest BCUT2D eigenvalue weighted by molar-refractivity contribution is -0.131. The maximum Gasteiger partial charge on any atom is 0.328 e. The van der Waals surface area contributed by atoms with Crippen LogP contribution in [0.4, 0.5) is 0 Å². The zero-order valence-corrected chi connectivity index (χ0v) is 13.2. The van der Waals surface area contributed by atoms with Gasteiger partial charge in [0.2, 0.25) is 10.0 Å². The fourth-order valence-corrected chi connectivity index (χ4v) is 3.61. The molecule has 1 rings (SSSR count). The Bertz CT molecular complexity index is 626. The minimum Gasteiger partial charge on any atom is -0.478 e. The molecule has 1 aromatic rings. The SMILES string of the molecule is CCC(C)N(CC)S(=O)(=O)c1cncc(C=CC(=O)O)c1. The van der Waals surface area contributed by atoms with Gasteiger partial charge < -0.3 is 5.11 Å². The lowest BCUT2D eigenvalue weighted by Crippen LogP contribution is -2.38. The van der Waals surface area contributed by atoms with E-state index in [-0.39, 0.29) is 10.9 Å². The molecule has 1 heterocycles. The van der Waals surface area contributed by atoms with Crippen molar-refractivity contribution in [3.8, 4) is 0 Å². The van der Waals surface area contributed by atoms with Crippen LogP contribution < -0.4 is 0 Å². The van der Waals surface area contributed by atoms with Gasteiger partial charge in [0.15, 0.2) is 0 Å². The van der Waals surface area contributed by atoms with Crippen molar-refractivity contribution in [2.24, 2.45) is 0 Å². The van der Waals surface area contributed by atoms with E-state index in [1.54, 1.807) is 6.92 Å². The highest BCUT2D eigenvalue weighted by Gasteiger charge is 2.27. The normalized spacial score (nSPS) is 13.7. The van der Waals surface area contributed by atoms with Crippen molar-refractivity contribution in [2.45, 2.75) is 38.1 Å². The van der Waals surface area contributed by atoms with Gasteiger partial charge >= 0.3 is 5.97 Å². The third-order valence-electron chi connectivity index (χ3n) is 3.15. The summed E-state index contributed by atoms with van der Waals surface area (Å²) in [6.07, 6.45) is 5.66. The minimum atomic E-state index is -3.63. The summed E-state index contributed by atoms with van der Waals surface area (Å²) >= 11 is 0. The van der Waals surface area contributed by atoms with Crippen molar-refractivity contribution in [3.63, 3.8) is 0 Å². The molecule has 0 saturated carbocycles. The molecule has 0 saturated heterocycles. The summed E-state index contributed by atoms with van der Waals surface area (Å²) < 4.78 is 26.6. The second-order valence-corrected chi connectivity index (χ2v) is 6.48. The monoisotopic (exact) mass is 312 g/mol. The quantitative estimate of drug-likeness (QED) is 0.778. The van der Waals surface area contributed by atoms with E-state index in [4.69, 9.17) is 5.11 Å². The maximum atomic E-state index is 12.6. The number of carboxylic acids is 1. The van der Waals surface area contributed by atoms with Crippen LogP contribution >= 0.6 is 0 Å². The molecular formula is C14H20N2O4S. The number of carboxylic acid groups (broad SMARTS) is 1. The van der Waals surface area contributed by atoms with Crippen molar-refractivity contribution >= 4 is 22.1 Å². The minimum absolute atomic E-state index is 0.0668. The Kier molecular flexibility index (Phi) is 6.04. The number of rotatable bonds is 7. The van der Waals surface area contributed by atoms with E-state index >= 15 is 0 Å². The molecular weight excluding hydrogens is 292 g/mol. The molecule has 21 heavy (non-hydrogen) atoms. The molecule has 0 radical (unpaired) electrons.